The summed E-state index contributed by atoms with van der Waals surface area (Å²) < 4.78 is 16.9. The molecule has 25 heavy (non-hydrogen) atoms. The highest BCUT2D eigenvalue weighted by atomic mass is 16.6. The molecule has 2 atom stereocenters. The second kappa shape index (κ2) is 7.47. The molecule has 0 aliphatic carbocycles. The molecule has 3 rings (SSSR count). The summed E-state index contributed by atoms with van der Waals surface area (Å²) in [6, 6.07) is 13.2. The minimum Gasteiger partial charge on any atom is -0.486 e. The predicted octanol–water partition coefficient (Wildman–Crippen LogP) is 3.41. The minimum atomic E-state index is -0.583. The first-order valence-corrected chi connectivity index (χ1v) is 8.47. The molecule has 5 nitrogen and oxygen atoms in total. The maximum Gasteiger partial charge on any atom is 0.261 e. The van der Waals surface area contributed by atoms with Crippen LogP contribution in [0.5, 0.6) is 17.2 Å². The molecular weight excluding hydrogens is 318 g/mol. The number of hydrogen-bond donors (Lipinski definition) is 1. The number of ether oxygens (including phenoxy) is 3. The molecule has 0 aromatic heterocycles. The third kappa shape index (κ3) is 4.05. The van der Waals surface area contributed by atoms with Crippen molar-refractivity contribution in [3.63, 3.8) is 0 Å². The minimum absolute atomic E-state index is 0.161. The molecule has 2 aromatic rings. The van der Waals surface area contributed by atoms with Gasteiger partial charge in [0.15, 0.2) is 17.6 Å². The van der Waals surface area contributed by atoms with Crippen LogP contribution in [0.1, 0.15) is 31.0 Å². The zero-order chi connectivity index (χ0) is 17.8. The van der Waals surface area contributed by atoms with Gasteiger partial charge in [0.25, 0.3) is 5.91 Å². The van der Waals surface area contributed by atoms with Gasteiger partial charge >= 0.3 is 0 Å². The molecule has 1 heterocycles. The molecule has 5 heteroatoms. The van der Waals surface area contributed by atoms with Gasteiger partial charge in [-0.3, -0.25) is 4.79 Å². The van der Waals surface area contributed by atoms with Crippen molar-refractivity contribution >= 4 is 5.91 Å². The molecule has 2 aromatic carbocycles. The van der Waals surface area contributed by atoms with Crippen LogP contribution < -0.4 is 19.5 Å². The molecule has 1 amide bonds. The quantitative estimate of drug-likeness (QED) is 0.905. The summed E-state index contributed by atoms with van der Waals surface area (Å²) in [6.07, 6.45) is -0.583. The van der Waals surface area contributed by atoms with E-state index >= 15 is 0 Å². The second-order valence-corrected chi connectivity index (χ2v) is 6.16. The van der Waals surface area contributed by atoms with Gasteiger partial charge in [-0.1, -0.05) is 24.3 Å². The molecule has 0 fully saturated rings. The van der Waals surface area contributed by atoms with Crippen molar-refractivity contribution in [1.82, 2.24) is 5.32 Å². The number of hydrogen-bond acceptors (Lipinski definition) is 4. The Kier molecular flexibility index (Phi) is 5.12. The maximum atomic E-state index is 12.4. The van der Waals surface area contributed by atoms with Crippen molar-refractivity contribution in [3.8, 4) is 17.2 Å². The van der Waals surface area contributed by atoms with Crippen LogP contribution in [-0.4, -0.2) is 25.2 Å². The van der Waals surface area contributed by atoms with E-state index in [1.807, 2.05) is 56.3 Å². The number of fused-ring (bicyclic) bond motifs is 1. The fourth-order valence-corrected chi connectivity index (χ4v) is 2.68. The summed E-state index contributed by atoms with van der Waals surface area (Å²) in [6.45, 7) is 6.74. The third-order valence-electron chi connectivity index (χ3n) is 4.19. The van der Waals surface area contributed by atoms with Gasteiger partial charge in [-0.25, -0.2) is 0 Å². The van der Waals surface area contributed by atoms with Crippen LogP contribution in [-0.2, 0) is 4.79 Å². The van der Waals surface area contributed by atoms with E-state index in [-0.39, 0.29) is 11.9 Å². The van der Waals surface area contributed by atoms with Gasteiger partial charge in [-0.2, -0.15) is 0 Å². The van der Waals surface area contributed by atoms with E-state index in [0.717, 1.165) is 22.6 Å². The smallest absolute Gasteiger partial charge is 0.261 e. The highest BCUT2D eigenvalue weighted by Crippen LogP contribution is 2.32. The molecular formula is C20H23NO4. The van der Waals surface area contributed by atoms with E-state index in [1.54, 1.807) is 6.92 Å². The molecule has 132 valence electrons. The first-order valence-electron chi connectivity index (χ1n) is 8.47. The Labute approximate surface area is 147 Å². The lowest BCUT2D eigenvalue weighted by molar-refractivity contribution is -0.127. The molecule has 0 bridgehead atoms. The highest BCUT2D eigenvalue weighted by molar-refractivity contribution is 5.81. The topological polar surface area (TPSA) is 56.8 Å². The second-order valence-electron chi connectivity index (χ2n) is 6.16. The van der Waals surface area contributed by atoms with E-state index in [9.17, 15) is 4.79 Å². The molecule has 1 N–H and O–H groups in total. The zero-order valence-corrected chi connectivity index (χ0v) is 14.7. The summed E-state index contributed by atoms with van der Waals surface area (Å²) in [5.41, 5.74) is 1.96. The summed E-state index contributed by atoms with van der Waals surface area (Å²) in [4.78, 5) is 12.4. The first-order chi connectivity index (χ1) is 12.0. The number of para-hydroxylation sites is 1. The van der Waals surface area contributed by atoms with Crippen molar-refractivity contribution in [2.24, 2.45) is 0 Å². The Morgan fingerprint density at radius 1 is 1.08 bits per heavy atom. The fourth-order valence-electron chi connectivity index (χ4n) is 2.68. The number of carbonyl (C=O) groups is 1. The van der Waals surface area contributed by atoms with Gasteiger partial charge in [0.1, 0.15) is 19.0 Å². The molecule has 0 saturated carbocycles. The lowest BCUT2D eigenvalue weighted by atomic mass is 10.1. The van der Waals surface area contributed by atoms with Crippen LogP contribution in [0.2, 0.25) is 0 Å². The Bertz CT molecular complexity index is 759. The number of aryl methyl sites for hydroxylation is 1. The summed E-state index contributed by atoms with van der Waals surface area (Å²) in [5, 5.41) is 2.98. The average molecular weight is 341 g/mol. The van der Waals surface area contributed by atoms with Crippen LogP contribution >= 0.6 is 0 Å². The van der Waals surface area contributed by atoms with Crippen LogP contribution in [0.25, 0.3) is 0 Å². The number of rotatable bonds is 5. The summed E-state index contributed by atoms with van der Waals surface area (Å²) >= 11 is 0. The molecule has 0 radical (unpaired) electrons. The zero-order valence-electron chi connectivity index (χ0n) is 14.7. The van der Waals surface area contributed by atoms with E-state index in [2.05, 4.69) is 5.32 Å². The SMILES string of the molecule is Cc1ccccc1O[C@H](C)C(=O)N[C@@H](C)c1ccc2c(c1)OCCO2. The Hall–Kier alpha value is -2.69. The van der Waals surface area contributed by atoms with Gasteiger partial charge < -0.3 is 19.5 Å². The Morgan fingerprint density at radius 3 is 2.56 bits per heavy atom. The maximum absolute atomic E-state index is 12.4. The van der Waals surface area contributed by atoms with E-state index < -0.39 is 6.10 Å². The van der Waals surface area contributed by atoms with E-state index in [1.165, 1.54) is 0 Å². The largest absolute Gasteiger partial charge is 0.486 e. The summed E-state index contributed by atoms with van der Waals surface area (Å²) in [5.74, 6) is 2.02. The lowest BCUT2D eigenvalue weighted by Crippen LogP contribution is -2.37. The van der Waals surface area contributed by atoms with Crippen molar-refractivity contribution < 1.29 is 19.0 Å². The van der Waals surface area contributed by atoms with Crippen LogP contribution in [0.15, 0.2) is 42.5 Å². The Morgan fingerprint density at radius 2 is 1.80 bits per heavy atom. The van der Waals surface area contributed by atoms with E-state index in [4.69, 9.17) is 14.2 Å². The molecule has 1 aliphatic heterocycles. The van der Waals surface area contributed by atoms with Gasteiger partial charge in [-0.05, 0) is 50.1 Å². The number of carbonyl (C=O) groups excluding carboxylic acids is 1. The monoisotopic (exact) mass is 341 g/mol. The van der Waals surface area contributed by atoms with Crippen molar-refractivity contribution in [2.45, 2.75) is 32.9 Å². The van der Waals surface area contributed by atoms with Crippen LogP contribution in [0, 0.1) is 6.92 Å². The number of amides is 1. The molecule has 1 aliphatic rings. The Balaban J connectivity index is 1.63. The lowest BCUT2D eigenvalue weighted by Gasteiger charge is -2.22. The molecule has 0 saturated heterocycles. The van der Waals surface area contributed by atoms with Gasteiger partial charge in [0.2, 0.25) is 0 Å². The average Bonchev–Trinajstić information content (AvgIpc) is 2.63. The fraction of sp³-hybridized carbons (Fsp3) is 0.350. The number of benzene rings is 2. The molecule has 0 unspecified atom stereocenters. The van der Waals surface area contributed by atoms with Crippen LogP contribution in [0.3, 0.4) is 0 Å². The van der Waals surface area contributed by atoms with Crippen molar-refractivity contribution in [1.29, 1.82) is 0 Å². The van der Waals surface area contributed by atoms with Crippen LogP contribution in [0.4, 0.5) is 0 Å². The standard InChI is InChI=1S/C20H23NO4/c1-13-6-4-5-7-17(13)25-15(3)20(22)21-14(2)16-8-9-18-19(12-16)24-11-10-23-18/h4-9,12,14-15H,10-11H2,1-3H3,(H,21,22)/t14-,15+/m0/s1. The predicted molar refractivity (Wildman–Crippen MR) is 95.3 cm³/mol. The normalized spacial score (nSPS) is 15.2. The number of nitrogens with one attached hydrogen (secondary N) is 1. The highest BCUT2D eigenvalue weighted by Gasteiger charge is 2.20. The first kappa shape index (κ1) is 17.1. The van der Waals surface area contributed by atoms with Crippen molar-refractivity contribution in [2.75, 3.05) is 13.2 Å². The third-order valence-corrected chi connectivity index (χ3v) is 4.19. The van der Waals surface area contributed by atoms with Gasteiger partial charge in [0.05, 0.1) is 6.04 Å². The van der Waals surface area contributed by atoms with Crippen molar-refractivity contribution in [3.05, 3.63) is 53.6 Å². The van der Waals surface area contributed by atoms with Gasteiger partial charge in [0, 0.05) is 0 Å². The molecule has 0 spiro atoms. The van der Waals surface area contributed by atoms with E-state index in [0.29, 0.717) is 19.0 Å². The summed E-state index contributed by atoms with van der Waals surface area (Å²) in [7, 11) is 0. The van der Waals surface area contributed by atoms with Gasteiger partial charge in [-0.15, -0.1) is 0 Å².